The van der Waals surface area contributed by atoms with Crippen molar-refractivity contribution in [3.05, 3.63) is 0 Å². The highest BCUT2D eigenvalue weighted by molar-refractivity contribution is 5.77. The molecule has 4 heteroatoms. The van der Waals surface area contributed by atoms with Crippen LogP contribution in [-0.2, 0) is 4.79 Å². The van der Waals surface area contributed by atoms with Gasteiger partial charge in [0.15, 0.2) is 0 Å². The number of carbonyl (C=O) groups excluding carboxylic acids is 1. The summed E-state index contributed by atoms with van der Waals surface area (Å²) in [4.78, 5) is 12.4. The Labute approximate surface area is 136 Å². The Hall–Kier alpha value is -0.610. The van der Waals surface area contributed by atoms with Gasteiger partial charge in [0.2, 0.25) is 5.91 Å². The molecule has 0 bridgehead atoms. The fourth-order valence-electron chi connectivity index (χ4n) is 4.98. The maximum Gasteiger partial charge on any atom is 0.223 e. The minimum absolute atomic E-state index is 0.0306. The Morgan fingerprint density at radius 2 is 1.50 bits per heavy atom. The van der Waals surface area contributed by atoms with Gasteiger partial charge >= 0.3 is 0 Å². The third-order valence-corrected chi connectivity index (χ3v) is 4.32. The van der Waals surface area contributed by atoms with E-state index in [0.29, 0.717) is 11.0 Å². The summed E-state index contributed by atoms with van der Waals surface area (Å²) in [6.45, 7) is 11.9. The standard InChI is InChI=1S/C18H36N2O2/c1-16(2)11-17(3,4)13-18(5,12-16)19-15(22)9-14(21)10-20(6,7)8/h14,21H,9-13H2,1-8H3/p+1/t14-/m1/s1. The summed E-state index contributed by atoms with van der Waals surface area (Å²) in [5.74, 6) is -0.0306. The first-order valence-electron chi connectivity index (χ1n) is 8.41. The maximum atomic E-state index is 12.4. The molecule has 0 saturated heterocycles. The molecule has 1 saturated carbocycles. The van der Waals surface area contributed by atoms with Crippen molar-refractivity contribution in [1.82, 2.24) is 5.32 Å². The molecule has 0 aliphatic heterocycles. The number of quaternary nitrogens is 1. The lowest BCUT2D eigenvalue weighted by Crippen LogP contribution is -2.55. The fourth-order valence-corrected chi connectivity index (χ4v) is 4.98. The van der Waals surface area contributed by atoms with Crippen molar-refractivity contribution in [2.75, 3.05) is 27.7 Å². The Kier molecular flexibility index (Phi) is 5.41. The van der Waals surface area contributed by atoms with Crippen LogP contribution < -0.4 is 5.32 Å². The van der Waals surface area contributed by atoms with Crippen LogP contribution in [0.2, 0.25) is 0 Å². The van der Waals surface area contributed by atoms with E-state index in [1.807, 2.05) is 21.1 Å². The second-order valence-electron chi connectivity index (χ2n) is 10.3. The van der Waals surface area contributed by atoms with Crippen molar-refractivity contribution in [3.8, 4) is 0 Å². The molecule has 0 aromatic heterocycles. The lowest BCUT2D eigenvalue weighted by Gasteiger charge is -2.51. The number of aliphatic hydroxyl groups excluding tert-OH is 1. The van der Waals surface area contributed by atoms with Crippen molar-refractivity contribution in [2.24, 2.45) is 10.8 Å². The second-order valence-corrected chi connectivity index (χ2v) is 10.3. The quantitative estimate of drug-likeness (QED) is 0.766. The predicted octanol–water partition coefficient (Wildman–Crippen LogP) is 2.55. The SMILES string of the molecule is CC1(C)CC(C)(C)CC(C)(NC(=O)C[C@@H](O)C[N+](C)(C)C)C1. The van der Waals surface area contributed by atoms with Gasteiger partial charge in [-0.1, -0.05) is 27.7 Å². The number of carbonyl (C=O) groups is 1. The third kappa shape index (κ3) is 6.66. The fraction of sp³-hybridized carbons (Fsp3) is 0.944. The lowest BCUT2D eigenvalue weighted by molar-refractivity contribution is -0.873. The molecule has 1 aliphatic rings. The Balaban J connectivity index is 2.66. The summed E-state index contributed by atoms with van der Waals surface area (Å²) in [6, 6.07) is 0. The van der Waals surface area contributed by atoms with E-state index < -0.39 is 6.10 Å². The monoisotopic (exact) mass is 313 g/mol. The van der Waals surface area contributed by atoms with Gasteiger partial charge in [0.25, 0.3) is 0 Å². The van der Waals surface area contributed by atoms with E-state index in [9.17, 15) is 9.90 Å². The molecule has 0 radical (unpaired) electrons. The largest absolute Gasteiger partial charge is 0.387 e. The molecule has 2 N–H and O–H groups in total. The number of likely N-dealkylation sites (N-methyl/N-ethyl adjacent to an activating group) is 1. The average molecular weight is 314 g/mol. The van der Waals surface area contributed by atoms with E-state index >= 15 is 0 Å². The topological polar surface area (TPSA) is 49.3 Å². The molecule has 0 unspecified atom stereocenters. The molecule has 0 aromatic rings. The molecule has 0 spiro atoms. The van der Waals surface area contributed by atoms with Gasteiger partial charge in [0, 0.05) is 5.54 Å². The van der Waals surface area contributed by atoms with Crippen molar-refractivity contribution in [3.63, 3.8) is 0 Å². The van der Waals surface area contributed by atoms with Crippen LogP contribution in [-0.4, -0.2) is 54.8 Å². The zero-order valence-electron chi connectivity index (χ0n) is 15.9. The molecule has 22 heavy (non-hydrogen) atoms. The van der Waals surface area contributed by atoms with Gasteiger partial charge < -0.3 is 14.9 Å². The van der Waals surface area contributed by atoms with Crippen molar-refractivity contribution in [2.45, 2.75) is 71.9 Å². The Bertz CT molecular complexity index is 392. The Morgan fingerprint density at radius 1 is 1.05 bits per heavy atom. The lowest BCUT2D eigenvalue weighted by atomic mass is 9.59. The zero-order chi connectivity index (χ0) is 17.4. The summed E-state index contributed by atoms with van der Waals surface area (Å²) in [5.41, 5.74) is 0.272. The van der Waals surface area contributed by atoms with Gasteiger partial charge in [-0.05, 0) is 37.0 Å². The molecular formula is C18H37N2O2+. The van der Waals surface area contributed by atoms with Crippen LogP contribution in [0.1, 0.15) is 60.3 Å². The zero-order valence-corrected chi connectivity index (χ0v) is 15.9. The average Bonchev–Trinajstić information content (AvgIpc) is 2.03. The normalized spacial score (nSPS) is 24.6. The molecule has 0 heterocycles. The number of amides is 1. The van der Waals surface area contributed by atoms with Crippen molar-refractivity contribution < 1.29 is 14.4 Å². The number of aliphatic hydroxyl groups is 1. The van der Waals surface area contributed by atoms with Crippen LogP contribution in [0.15, 0.2) is 0 Å². The van der Waals surface area contributed by atoms with Gasteiger partial charge in [-0.2, -0.15) is 0 Å². The van der Waals surface area contributed by atoms with Crippen molar-refractivity contribution in [1.29, 1.82) is 0 Å². The first kappa shape index (κ1) is 19.4. The summed E-state index contributed by atoms with van der Waals surface area (Å²) >= 11 is 0. The highest BCUT2D eigenvalue weighted by Crippen LogP contribution is 2.49. The number of nitrogens with one attached hydrogen (secondary N) is 1. The van der Waals surface area contributed by atoms with Crippen LogP contribution >= 0.6 is 0 Å². The summed E-state index contributed by atoms with van der Waals surface area (Å²) in [6.07, 6.45) is 2.75. The summed E-state index contributed by atoms with van der Waals surface area (Å²) < 4.78 is 0.659. The van der Waals surface area contributed by atoms with Crippen LogP contribution in [0.25, 0.3) is 0 Å². The van der Waals surface area contributed by atoms with Crippen LogP contribution in [0.3, 0.4) is 0 Å². The maximum absolute atomic E-state index is 12.4. The predicted molar refractivity (Wildman–Crippen MR) is 91.5 cm³/mol. The number of rotatable bonds is 5. The van der Waals surface area contributed by atoms with E-state index in [1.165, 1.54) is 6.42 Å². The molecule has 1 amide bonds. The van der Waals surface area contributed by atoms with Crippen LogP contribution in [0.4, 0.5) is 0 Å². The van der Waals surface area contributed by atoms with Crippen LogP contribution in [0.5, 0.6) is 0 Å². The minimum atomic E-state index is -0.590. The number of hydrogen-bond donors (Lipinski definition) is 2. The molecule has 1 atom stereocenters. The summed E-state index contributed by atoms with van der Waals surface area (Å²) in [7, 11) is 6.07. The first-order valence-corrected chi connectivity index (χ1v) is 8.41. The van der Waals surface area contributed by atoms with Gasteiger partial charge in [0.1, 0.15) is 12.6 Å². The van der Waals surface area contributed by atoms with Gasteiger partial charge in [-0.15, -0.1) is 0 Å². The van der Waals surface area contributed by atoms with Gasteiger partial charge in [-0.3, -0.25) is 4.79 Å². The minimum Gasteiger partial charge on any atom is -0.387 e. The molecule has 0 aromatic carbocycles. The molecule has 130 valence electrons. The van der Waals surface area contributed by atoms with Gasteiger partial charge in [0.05, 0.1) is 27.6 Å². The third-order valence-electron chi connectivity index (χ3n) is 4.32. The number of hydrogen-bond acceptors (Lipinski definition) is 2. The van der Waals surface area contributed by atoms with E-state index in [4.69, 9.17) is 0 Å². The van der Waals surface area contributed by atoms with E-state index in [0.717, 1.165) is 12.8 Å². The van der Waals surface area contributed by atoms with E-state index in [2.05, 4.69) is 39.9 Å². The second kappa shape index (κ2) is 6.12. The molecule has 1 fully saturated rings. The van der Waals surface area contributed by atoms with Crippen molar-refractivity contribution >= 4 is 5.91 Å². The first-order chi connectivity index (χ1) is 9.62. The molecule has 4 nitrogen and oxygen atoms in total. The summed E-state index contributed by atoms with van der Waals surface area (Å²) in [5, 5.41) is 13.3. The van der Waals surface area contributed by atoms with E-state index in [-0.39, 0.29) is 28.7 Å². The Morgan fingerprint density at radius 3 is 1.91 bits per heavy atom. The highest BCUT2D eigenvalue weighted by atomic mass is 16.3. The van der Waals surface area contributed by atoms with Crippen LogP contribution in [0, 0.1) is 10.8 Å². The number of nitrogens with zero attached hydrogens (tertiary/aromatic N) is 1. The smallest absolute Gasteiger partial charge is 0.223 e. The molecule has 1 rings (SSSR count). The highest BCUT2D eigenvalue weighted by Gasteiger charge is 2.45. The molecular weight excluding hydrogens is 276 g/mol. The van der Waals surface area contributed by atoms with Gasteiger partial charge in [-0.25, -0.2) is 0 Å². The molecule has 1 aliphatic carbocycles. The van der Waals surface area contributed by atoms with E-state index in [1.54, 1.807) is 0 Å².